The number of hydrogen-bond donors (Lipinski definition) is 2. The minimum absolute atomic E-state index is 0.101. The second-order valence-electron chi connectivity index (χ2n) is 2.82. The normalized spacial score (nSPS) is 9.40. The van der Waals surface area contributed by atoms with E-state index in [1.54, 1.807) is 25.2 Å². The zero-order chi connectivity index (χ0) is 11.3. The number of nitro groups is 1. The summed E-state index contributed by atoms with van der Waals surface area (Å²) in [4.78, 5) is 10.3. The van der Waals surface area contributed by atoms with Gasteiger partial charge in [-0.1, -0.05) is 18.2 Å². The van der Waals surface area contributed by atoms with Gasteiger partial charge in [-0.05, 0) is 12.2 Å². The molecule has 0 fully saturated rings. The molecule has 1 aromatic rings. The molecule has 1 aromatic carbocycles. The Balaban J connectivity index is 2.76. The van der Waals surface area contributed by atoms with Gasteiger partial charge < -0.3 is 10.6 Å². The smallest absolute Gasteiger partial charge is 0.274 e. The molecular weight excluding hydrogens is 214 g/mol. The van der Waals surface area contributed by atoms with Crippen molar-refractivity contribution in [3.8, 4) is 0 Å². The number of rotatable bonds is 3. The molecule has 2 N–H and O–H groups in total. The van der Waals surface area contributed by atoms with Crippen LogP contribution in [0.15, 0.2) is 24.3 Å². The molecule has 5 nitrogen and oxygen atoms in total. The Morgan fingerprint density at radius 2 is 2.20 bits per heavy atom. The molecule has 0 radical (unpaired) electrons. The van der Waals surface area contributed by atoms with E-state index in [0.717, 1.165) is 0 Å². The molecule has 0 amide bonds. The van der Waals surface area contributed by atoms with E-state index in [4.69, 9.17) is 12.2 Å². The standard InChI is InChI=1S/C9H11N3O2S/c1-10-9(15)11-6-7-4-2-3-5-8(7)12(13)14/h2-5H,6H2,1H3,(H2,10,11,15). The maximum Gasteiger partial charge on any atom is 0.274 e. The summed E-state index contributed by atoms with van der Waals surface area (Å²) >= 11 is 4.87. The predicted octanol–water partition coefficient (Wildman–Crippen LogP) is 1.19. The van der Waals surface area contributed by atoms with Crippen LogP contribution in [0.4, 0.5) is 5.69 Å². The molecule has 0 bridgehead atoms. The second-order valence-corrected chi connectivity index (χ2v) is 3.23. The highest BCUT2D eigenvalue weighted by molar-refractivity contribution is 7.80. The quantitative estimate of drug-likeness (QED) is 0.459. The largest absolute Gasteiger partial charge is 0.366 e. The van der Waals surface area contributed by atoms with Crippen LogP contribution in [0.5, 0.6) is 0 Å². The van der Waals surface area contributed by atoms with E-state index in [1.165, 1.54) is 6.07 Å². The lowest BCUT2D eigenvalue weighted by molar-refractivity contribution is -0.385. The third-order valence-electron chi connectivity index (χ3n) is 1.85. The van der Waals surface area contributed by atoms with E-state index < -0.39 is 4.92 Å². The van der Waals surface area contributed by atoms with Gasteiger partial charge >= 0.3 is 0 Å². The Kier molecular flexibility index (Phi) is 3.99. The van der Waals surface area contributed by atoms with Gasteiger partial charge in [-0.25, -0.2) is 0 Å². The number of nitro benzene ring substituents is 1. The van der Waals surface area contributed by atoms with Crippen molar-refractivity contribution in [2.45, 2.75) is 6.54 Å². The zero-order valence-corrected chi connectivity index (χ0v) is 9.00. The molecule has 0 aliphatic carbocycles. The summed E-state index contributed by atoms with van der Waals surface area (Å²) in [5.41, 5.74) is 0.712. The van der Waals surface area contributed by atoms with Gasteiger partial charge in [0.05, 0.1) is 4.92 Å². The lowest BCUT2D eigenvalue weighted by atomic mass is 10.2. The molecule has 0 aromatic heterocycles. The molecule has 0 unspecified atom stereocenters. The molecule has 0 aliphatic rings. The van der Waals surface area contributed by atoms with E-state index >= 15 is 0 Å². The average molecular weight is 225 g/mol. The molecule has 15 heavy (non-hydrogen) atoms. The van der Waals surface area contributed by atoms with Gasteiger partial charge in [-0.15, -0.1) is 0 Å². The predicted molar refractivity (Wildman–Crippen MR) is 61.6 cm³/mol. The summed E-state index contributed by atoms with van der Waals surface area (Å²) in [6.07, 6.45) is 0. The van der Waals surface area contributed by atoms with Crippen molar-refractivity contribution >= 4 is 23.0 Å². The average Bonchev–Trinajstić information content (AvgIpc) is 2.26. The maximum atomic E-state index is 10.7. The number of hydrogen-bond acceptors (Lipinski definition) is 3. The van der Waals surface area contributed by atoms with Gasteiger partial charge in [-0.2, -0.15) is 0 Å². The van der Waals surface area contributed by atoms with Gasteiger partial charge in [0, 0.05) is 25.2 Å². The fraction of sp³-hybridized carbons (Fsp3) is 0.222. The summed E-state index contributed by atoms with van der Waals surface area (Å²) < 4.78 is 0. The fourth-order valence-corrected chi connectivity index (χ4v) is 1.17. The highest BCUT2D eigenvalue weighted by Gasteiger charge is 2.11. The molecule has 80 valence electrons. The minimum atomic E-state index is -0.403. The Morgan fingerprint density at radius 1 is 1.53 bits per heavy atom. The van der Waals surface area contributed by atoms with E-state index in [0.29, 0.717) is 17.2 Å². The van der Waals surface area contributed by atoms with E-state index in [1.807, 2.05) is 0 Å². The number of nitrogens with zero attached hydrogens (tertiary/aromatic N) is 1. The molecular formula is C9H11N3O2S. The van der Waals surface area contributed by atoms with Crippen molar-refractivity contribution in [2.24, 2.45) is 0 Å². The fourth-order valence-electron chi connectivity index (χ4n) is 1.10. The molecule has 0 spiro atoms. The first-order valence-electron chi connectivity index (χ1n) is 4.33. The topological polar surface area (TPSA) is 67.2 Å². The van der Waals surface area contributed by atoms with Crippen LogP contribution in [0.3, 0.4) is 0 Å². The second kappa shape index (κ2) is 5.26. The van der Waals surface area contributed by atoms with Crippen molar-refractivity contribution in [3.05, 3.63) is 39.9 Å². The van der Waals surface area contributed by atoms with Crippen molar-refractivity contribution in [2.75, 3.05) is 7.05 Å². The maximum absolute atomic E-state index is 10.7. The van der Waals surface area contributed by atoms with E-state index in [-0.39, 0.29) is 5.69 Å². The SMILES string of the molecule is CNC(=S)NCc1ccccc1[N+](=O)[O-]. The molecule has 0 saturated carbocycles. The van der Waals surface area contributed by atoms with Gasteiger partial charge in [0.25, 0.3) is 5.69 Å². The summed E-state index contributed by atoms with van der Waals surface area (Å²) in [6, 6.07) is 6.56. The summed E-state index contributed by atoms with van der Waals surface area (Å²) in [6.45, 7) is 0.344. The summed E-state index contributed by atoms with van der Waals surface area (Å²) in [5.74, 6) is 0. The first kappa shape index (κ1) is 11.4. The molecule has 0 heterocycles. The van der Waals surface area contributed by atoms with Gasteiger partial charge in [0.15, 0.2) is 5.11 Å². The van der Waals surface area contributed by atoms with E-state index in [2.05, 4.69) is 10.6 Å². The monoisotopic (exact) mass is 225 g/mol. The lowest BCUT2D eigenvalue weighted by Gasteiger charge is -2.06. The number of thiocarbonyl (C=S) groups is 1. The third kappa shape index (κ3) is 3.17. The first-order chi connectivity index (χ1) is 7.15. The highest BCUT2D eigenvalue weighted by atomic mass is 32.1. The van der Waals surface area contributed by atoms with Crippen LogP contribution in [0.1, 0.15) is 5.56 Å². The minimum Gasteiger partial charge on any atom is -0.366 e. The van der Waals surface area contributed by atoms with Crippen molar-refractivity contribution in [1.82, 2.24) is 10.6 Å². The Hall–Kier alpha value is -1.69. The molecule has 1 rings (SSSR count). The van der Waals surface area contributed by atoms with Crippen LogP contribution in [0, 0.1) is 10.1 Å². The van der Waals surface area contributed by atoms with Crippen LogP contribution >= 0.6 is 12.2 Å². The Morgan fingerprint density at radius 3 is 2.80 bits per heavy atom. The van der Waals surface area contributed by atoms with Crippen molar-refractivity contribution in [1.29, 1.82) is 0 Å². The zero-order valence-electron chi connectivity index (χ0n) is 8.19. The lowest BCUT2D eigenvalue weighted by Crippen LogP contribution is -2.31. The molecule has 0 atom stereocenters. The molecule has 6 heteroatoms. The molecule has 0 saturated heterocycles. The highest BCUT2D eigenvalue weighted by Crippen LogP contribution is 2.16. The van der Waals surface area contributed by atoms with Gasteiger partial charge in [0.2, 0.25) is 0 Å². The van der Waals surface area contributed by atoms with Gasteiger partial charge in [-0.3, -0.25) is 10.1 Å². The third-order valence-corrected chi connectivity index (χ3v) is 2.20. The first-order valence-corrected chi connectivity index (χ1v) is 4.74. The summed E-state index contributed by atoms with van der Waals surface area (Å²) in [5, 5.41) is 16.7. The van der Waals surface area contributed by atoms with Crippen molar-refractivity contribution < 1.29 is 4.92 Å². The van der Waals surface area contributed by atoms with Gasteiger partial charge in [0.1, 0.15) is 0 Å². The number of nitrogens with one attached hydrogen (secondary N) is 2. The molecule has 0 aliphatic heterocycles. The summed E-state index contributed by atoms with van der Waals surface area (Å²) in [7, 11) is 1.69. The van der Waals surface area contributed by atoms with Crippen LogP contribution in [0.25, 0.3) is 0 Å². The van der Waals surface area contributed by atoms with Crippen LogP contribution in [-0.4, -0.2) is 17.1 Å². The van der Waals surface area contributed by atoms with Crippen molar-refractivity contribution in [3.63, 3.8) is 0 Å². The van der Waals surface area contributed by atoms with Crippen LogP contribution < -0.4 is 10.6 Å². The number of benzene rings is 1. The van der Waals surface area contributed by atoms with Crippen LogP contribution in [0.2, 0.25) is 0 Å². The number of para-hydroxylation sites is 1. The Labute approximate surface area is 92.6 Å². The van der Waals surface area contributed by atoms with Crippen LogP contribution in [-0.2, 0) is 6.54 Å². The Bertz CT molecular complexity index is 381. The van der Waals surface area contributed by atoms with E-state index in [9.17, 15) is 10.1 Å².